The highest BCUT2D eigenvalue weighted by molar-refractivity contribution is 5.94. The van der Waals surface area contributed by atoms with Crippen LogP contribution in [0.1, 0.15) is 68.7 Å². The van der Waals surface area contributed by atoms with E-state index in [2.05, 4.69) is 16.0 Å². The lowest BCUT2D eigenvalue weighted by atomic mass is 9.94. The lowest BCUT2D eigenvalue weighted by molar-refractivity contribution is -0.137. The van der Waals surface area contributed by atoms with Crippen LogP contribution in [-0.4, -0.2) is 66.1 Å². The first-order chi connectivity index (χ1) is 21.4. The molecule has 1 unspecified atom stereocenters. The molecular weight excluding hydrogens is 572 g/mol. The number of amides is 4. The fourth-order valence-corrected chi connectivity index (χ4v) is 6.53. The summed E-state index contributed by atoms with van der Waals surface area (Å²) >= 11 is 0. The van der Waals surface area contributed by atoms with E-state index in [0.717, 1.165) is 47.3 Å². The van der Waals surface area contributed by atoms with Gasteiger partial charge in [0.15, 0.2) is 0 Å². The maximum Gasteiger partial charge on any atom is 0.408 e. The van der Waals surface area contributed by atoms with Gasteiger partial charge >= 0.3 is 6.09 Å². The van der Waals surface area contributed by atoms with Crippen molar-refractivity contribution in [2.45, 2.75) is 90.4 Å². The van der Waals surface area contributed by atoms with E-state index in [0.29, 0.717) is 32.5 Å². The third-order valence-electron chi connectivity index (χ3n) is 8.96. The van der Waals surface area contributed by atoms with Gasteiger partial charge in [0, 0.05) is 19.6 Å². The number of nitrogens with one attached hydrogen (secondary N) is 3. The minimum absolute atomic E-state index is 0.201. The number of alkyl carbamates (subject to hydrolysis) is 1. The van der Waals surface area contributed by atoms with Gasteiger partial charge in [0.1, 0.15) is 23.4 Å². The maximum atomic E-state index is 14.0. The number of carbonyl (C=O) groups excluding carboxylic acids is 4. The Hall–Kier alpha value is -4.08. The lowest BCUT2D eigenvalue weighted by Crippen LogP contribution is -2.57. The zero-order valence-corrected chi connectivity index (χ0v) is 26.8. The molecule has 1 fully saturated rings. The standard InChI is InChI=1S/C35H46N4O6/c1-22-11-12-28-18-27(22)20-36-33(42)31(26-16-24-9-5-6-10-25(24)17-26)38-32(41)29(37-34(43)45-35(2,3)4)19-30(40)39-14-7-8-23(21-39)13-15-44-28/h5-6,9-12,18,23,26,29,31H,7-8,13-17,19-21H2,1-4H3,(H,36,42)(H,37,43)(H,38,41)/t23?,29-,31-/m0/s1. The van der Waals surface area contributed by atoms with Crippen molar-refractivity contribution in [1.29, 1.82) is 0 Å². The fourth-order valence-electron chi connectivity index (χ4n) is 6.53. The van der Waals surface area contributed by atoms with Crippen molar-refractivity contribution in [2.24, 2.45) is 11.8 Å². The molecule has 0 saturated carbocycles. The van der Waals surface area contributed by atoms with E-state index < -0.39 is 29.7 Å². The third-order valence-corrected chi connectivity index (χ3v) is 8.96. The number of nitrogens with zero attached hydrogens (tertiary/aromatic N) is 1. The van der Waals surface area contributed by atoms with E-state index in [1.807, 2.05) is 49.4 Å². The highest BCUT2D eigenvalue weighted by atomic mass is 16.6. The second-order valence-corrected chi connectivity index (χ2v) is 13.6. The molecule has 3 aliphatic rings. The van der Waals surface area contributed by atoms with Gasteiger partial charge in [-0.05, 0) is 106 Å². The summed E-state index contributed by atoms with van der Waals surface area (Å²) in [5.74, 6) is -0.336. The number of aryl methyl sites for hydroxylation is 1. The van der Waals surface area contributed by atoms with Crippen molar-refractivity contribution >= 4 is 23.8 Å². The number of piperidine rings is 1. The summed E-state index contributed by atoms with van der Waals surface area (Å²) in [7, 11) is 0. The number of fused-ring (bicyclic) bond motifs is 5. The molecule has 2 aromatic rings. The molecule has 0 radical (unpaired) electrons. The predicted molar refractivity (Wildman–Crippen MR) is 169 cm³/mol. The molecule has 242 valence electrons. The Morgan fingerprint density at radius 3 is 2.42 bits per heavy atom. The molecule has 3 N–H and O–H groups in total. The van der Waals surface area contributed by atoms with Crippen molar-refractivity contribution in [3.8, 4) is 5.75 Å². The van der Waals surface area contributed by atoms with E-state index in [4.69, 9.17) is 9.47 Å². The van der Waals surface area contributed by atoms with Crippen molar-refractivity contribution in [3.63, 3.8) is 0 Å². The van der Waals surface area contributed by atoms with Crippen molar-refractivity contribution in [1.82, 2.24) is 20.9 Å². The van der Waals surface area contributed by atoms with Crippen LogP contribution in [0.2, 0.25) is 0 Å². The Bertz CT molecular complexity index is 1390. The van der Waals surface area contributed by atoms with Crippen LogP contribution in [0.25, 0.3) is 0 Å². The van der Waals surface area contributed by atoms with Crippen LogP contribution in [0.15, 0.2) is 42.5 Å². The van der Waals surface area contributed by atoms with Crippen LogP contribution < -0.4 is 20.7 Å². The summed E-state index contributed by atoms with van der Waals surface area (Å²) in [6.07, 6.45) is 2.84. The largest absolute Gasteiger partial charge is 0.494 e. The number of ether oxygens (including phenoxy) is 2. The fraction of sp³-hybridized carbons (Fsp3) is 0.543. The Kier molecular flexibility index (Phi) is 9.99. The van der Waals surface area contributed by atoms with Crippen LogP contribution in [0, 0.1) is 18.8 Å². The highest BCUT2D eigenvalue weighted by Gasteiger charge is 2.37. The summed E-state index contributed by atoms with van der Waals surface area (Å²) in [5.41, 5.74) is 3.44. The van der Waals surface area contributed by atoms with Crippen LogP contribution in [-0.2, 0) is 38.5 Å². The monoisotopic (exact) mass is 618 g/mol. The Labute approximate surface area is 265 Å². The number of carbonyl (C=O) groups is 4. The number of benzene rings is 2. The second-order valence-electron chi connectivity index (χ2n) is 13.6. The van der Waals surface area contributed by atoms with Gasteiger partial charge in [0.2, 0.25) is 17.7 Å². The zero-order chi connectivity index (χ0) is 32.1. The first kappa shape index (κ1) is 32.3. The molecule has 4 amide bonds. The average molecular weight is 619 g/mol. The summed E-state index contributed by atoms with van der Waals surface area (Å²) < 4.78 is 11.6. The summed E-state index contributed by atoms with van der Waals surface area (Å²) in [4.78, 5) is 56.1. The zero-order valence-electron chi connectivity index (χ0n) is 26.8. The molecule has 1 aliphatic carbocycles. The molecule has 0 aromatic heterocycles. The first-order valence-electron chi connectivity index (χ1n) is 16.1. The number of hydrogen-bond donors (Lipinski definition) is 3. The average Bonchev–Trinajstić information content (AvgIpc) is 3.42. The molecule has 1 saturated heterocycles. The topological polar surface area (TPSA) is 126 Å². The van der Waals surface area contributed by atoms with Gasteiger partial charge in [0.05, 0.1) is 13.0 Å². The van der Waals surface area contributed by atoms with Gasteiger partial charge < -0.3 is 30.3 Å². The molecule has 10 nitrogen and oxygen atoms in total. The smallest absolute Gasteiger partial charge is 0.408 e. The Morgan fingerprint density at radius 2 is 1.71 bits per heavy atom. The van der Waals surface area contributed by atoms with Crippen LogP contribution in [0.3, 0.4) is 0 Å². The van der Waals surface area contributed by atoms with E-state index in [-0.39, 0.29) is 36.6 Å². The van der Waals surface area contributed by atoms with Gasteiger partial charge in [-0.25, -0.2) is 4.79 Å². The van der Waals surface area contributed by atoms with Crippen LogP contribution >= 0.6 is 0 Å². The van der Waals surface area contributed by atoms with Gasteiger partial charge in [-0.2, -0.15) is 0 Å². The predicted octanol–water partition coefficient (Wildman–Crippen LogP) is 3.82. The molecule has 5 rings (SSSR count). The molecule has 10 heteroatoms. The van der Waals surface area contributed by atoms with Crippen LogP contribution in [0.4, 0.5) is 4.79 Å². The van der Waals surface area contributed by atoms with Gasteiger partial charge in [-0.1, -0.05) is 30.3 Å². The SMILES string of the molecule is Cc1ccc2cc1CNC(=O)[C@H](C1Cc3ccccc3C1)NC(=O)[C@@H](NC(=O)OC(C)(C)C)CC(=O)N1CCCC(CCO2)C1. The molecule has 4 bridgehead atoms. The molecular formula is C35H46N4O6. The highest BCUT2D eigenvalue weighted by Crippen LogP contribution is 2.29. The van der Waals surface area contributed by atoms with Gasteiger partial charge in [-0.15, -0.1) is 0 Å². The molecule has 2 aromatic carbocycles. The summed E-state index contributed by atoms with van der Waals surface area (Å²) in [6.45, 7) is 9.11. The summed E-state index contributed by atoms with van der Waals surface area (Å²) in [5, 5.41) is 8.62. The number of rotatable bonds is 2. The van der Waals surface area contributed by atoms with E-state index in [9.17, 15) is 19.2 Å². The van der Waals surface area contributed by atoms with Crippen LogP contribution in [0.5, 0.6) is 5.75 Å². The van der Waals surface area contributed by atoms with Crippen molar-refractivity contribution < 1.29 is 28.7 Å². The van der Waals surface area contributed by atoms with Crippen molar-refractivity contribution in [3.05, 3.63) is 64.7 Å². The summed E-state index contributed by atoms with van der Waals surface area (Å²) in [6, 6.07) is 11.8. The van der Waals surface area contributed by atoms with E-state index in [1.165, 1.54) is 0 Å². The van der Waals surface area contributed by atoms with E-state index in [1.54, 1.807) is 25.7 Å². The third kappa shape index (κ3) is 8.55. The number of hydrogen-bond acceptors (Lipinski definition) is 6. The van der Waals surface area contributed by atoms with Gasteiger partial charge in [-0.3, -0.25) is 14.4 Å². The lowest BCUT2D eigenvalue weighted by Gasteiger charge is -2.34. The van der Waals surface area contributed by atoms with Gasteiger partial charge in [0.25, 0.3) is 0 Å². The molecule has 3 atom stereocenters. The molecule has 2 heterocycles. The minimum atomic E-state index is -1.21. The molecule has 45 heavy (non-hydrogen) atoms. The quantitative estimate of drug-likeness (QED) is 0.470. The Balaban J connectivity index is 1.44. The van der Waals surface area contributed by atoms with Crippen molar-refractivity contribution in [2.75, 3.05) is 19.7 Å². The normalized spacial score (nSPS) is 23.5. The first-order valence-corrected chi connectivity index (χ1v) is 16.1. The Morgan fingerprint density at radius 1 is 0.978 bits per heavy atom. The minimum Gasteiger partial charge on any atom is -0.494 e. The van der Waals surface area contributed by atoms with E-state index >= 15 is 0 Å². The molecule has 2 aliphatic heterocycles. The second kappa shape index (κ2) is 13.9. The maximum absolute atomic E-state index is 14.0. The molecule has 0 spiro atoms.